The highest BCUT2D eigenvalue weighted by molar-refractivity contribution is 5.32. The second kappa shape index (κ2) is 6.49. The van der Waals surface area contributed by atoms with Crippen LogP contribution in [0.4, 0.5) is 5.95 Å². The highest BCUT2D eigenvalue weighted by Gasteiger charge is 2.41. The molecule has 2 aliphatic heterocycles. The van der Waals surface area contributed by atoms with Crippen molar-refractivity contribution in [2.75, 3.05) is 44.3 Å². The Morgan fingerprint density at radius 1 is 1.21 bits per heavy atom. The first-order chi connectivity index (χ1) is 11.7. The lowest BCUT2D eigenvalue weighted by atomic mass is 9.87. The normalized spacial score (nSPS) is 25.3. The average Bonchev–Trinajstić information content (AvgIpc) is 3.13. The van der Waals surface area contributed by atoms with Crippen molar-refractivity contribution < 1.29 is 4.74 Å². The van der Waals surface area contributed by atoms with Gasteiger partial charge in [-0.1, -0.05) is 0 Å². The predicted octanol–water partition coefficient (Wildman–Crippen LogP) is 0.939. The van der Waals surface area contributed by atoms with Crippen molar-refractivity contribution in [3.8, 4) is 0 Å². The zero-order valence-electron chi connectivity index (χ0n) is 14.1. The molecule has 2 aromatic rings. The van der Waals surface area contributed by atoms with Crippen LogP contribution in [0.1, 0.15) is 12.0 Å². The van der Waals surface area contributed by atoms with Crippen LogP contribution in [0.5, 0.6) is 0 Å². The van der Waals surface area contributed by atoms with E-state index in [2.05, 4.69) is 31.1 Å². The van der Waals surface area contributed by atoms with Gasteiger partial charge in [-0.25, -0.2) is 9.97 Å². The number of rotatable bonds is 3. The molecule has 1 spiro atoms. The largest absolute Gasteiger partial charge is 0.379 e. The summed E-state index contributed by atoms with van der Waals surface area (Å²) >= 11 is 0. The molecule has 0 aromatic carbocycles. The van der Waals surface area contributed by atoms with E-state index in [-0.39, 0.29) is 5.41 Å². The summed E-state index contributed by atoms with van der Waals surface area (Å²) in [4.78, 5) is 13.6. The molecule has 0 amide bonds. The fraction of sp³-hybridized carbons (Fsp3) is 0.588. The van der Waals surface area contributed by atoms with Crippen molar-refractivity contribution in [2.24, 2.45) is 12.5 Å². The number of anilines is 1. The van der Waals surface area contributed by atoms with Gasteiger partial charge in [0.25, 0.3) is 0 Å². The SMILES string of the molecule is Cn1cc(CN2CCOCC3(CCN(c4ncccn4)C3)C2)cn1. The molecule has 7 heteroatoms. The van der Waals surface area contributed by atoms with Crippen molar-refractivity contribution in [1.29, 1.82) is 0 Å². The molecule has 0 aliphatic carbocycles. The summed E-state index contributed by atoms with van der Waals surface area (Å²) in [5.74, 6) is 0.831. The first kappa shape index (κ1) is 15.5. The van der Waals surface area contributed by atoms with Gasteiger partial charge < -0.3 is 9.64 Å². The van der Waals surface area contributed by atoms with Gasteiger partial charge in [0.15, 0.2) is 0 Å². The number of ether oxygens (including phenoxy) is 1. The van der Waals surface area contributed by atoms with Crippen molar-refractivity contribution >= 4 is 5.95 Å². The Morgan fingerprint density at radius 2 is 2.08 bits per heavy atom. The number of hydrogen-bond acceptors (Lipinski definition) is 6. The van der Waals surface area contributed by atoms with Gasteiger partial charge in [-0.3, -0.25) is 9.58 Å². The second-order valence-electron chi connectivity index (χ2n) is 7.01. The third-order valence-corrected chi connectivity index (χ3v) is 4.96. The smallest absolute Gasteiger partial charge is 0.225 e. The molecule has 7 nitrogen and oxygen atoms in total. The molecule has 24 heavy (non-hydrogen) atoms. The van der Waals surface area contributed by atoms with Crippen LogP contribution in [0.2, 0.25) is 0 Å². The van der Waals surface area contributed by atoms with E-state index in [1.54, 1.807) is 0 Å². The van der Waals surface area contributed by atoms with Gasteiger partial charge in [-0.2, -0.15) is 5.10 Å². The van der Waals surface area contributed by atoms with Crippen LogP contribution in [-0.4, -0.2) is 64.0 Å². The lowest BCUT2D eigenvalue weighted by molar-refractivity contribution is 0.0798. The molecular formula is C17H24N6O. The summed E-state index contributed by atoms with van der Waals surface area (Å²) in [5.41, 5.74) is 1.42. The summed E-state index contributed by atoms with van der Waals surface area (Å²) in [5, 5.41) is 4.28. The van der Waals surface area contributed by atoms with E-state index in [0.29, 0.717) is 0 Å². The molecule has 0 N–H and O–H groups in total. The van der Waals surface area contributed by atoms with Gasteiger partial charge in [0.2, 0.25) is 5.95 Å². The summed E-state index contributed by atoms with van der Waals surface area (Å²) in [6.07, 6.45) is 8.79. The van der Waals surface area contributed by atoms with E-state index >= 15 is 0 Å². The number of nitrogens with zero attached hydrogens (tertiary/aromatic N) is 6. The maximum absolute atomic E-state index is 5.96. The Labute approximate surface area is 142 Å². The Kier molecular flexibility index (Phi) is 4.20. The molecule has 4 rings (SSSR count). The van der Waals surface area contributed by atoms with Gasteiger partial charge in [0, 0.05) is 69.3 Å². The van der Waals surface area contributed by atoms with Gasteiger partial charge >= 0.3 is 0 Å². The molecule has 2 aliphatic rings. The van der Waals surface area contributed by atoms with E-state index in [1.165, 1.54) is 5.56 Å². The fourth-order valence-corrected chi connectivity index (χ4v) is 3.84. The van der Waals surface area contributed by atoms with Crippen LogP contribution in [0.25, 0.3) is 0 Å². The minimum absolute atomic E-state index is 0.165. The lowest BCUT2D eigenvalue weighted by Gasteiger charge is -2.31. The monoisotopic (exact) mass is 328 g/mol. The van der Waals surface area contributed by atoms with Gasteiger partial charge in [-0.15, -0.1) is 0 Å². The predicted molar refractivity (Wildman–Crippen MR) is 90.6 cm³/mol. The zero-order chi connectivity index (χ0) is 16.4. The number of aromatic nitrogens is 4. The van der Waals surface area contributed by atoms with Crippen LogP contribution in [-0.2, 0) is 18.3 Å². The lowest BCUT2D eigenvalue weighted by Crippen LogP contribution is -2.40. The summed E-state index contributed by atoms with van der Waals surface area (Å²) < 4.78 is 7.82. The maximum atomic E-state index is 5.96. The molecule has 0 radical (unpaired) electrons. The molecule has 128 valence electrons. The molecule has 2 fully saturated rings. The molecule has 1 atom stereocenters. The fourth-order valence-electron chi connectivity index (χ4n) is 3.84. The third kappa shape index (κ3) is 3.27. The first-order valence-electron chi connectivity index (χ1n) is 8.52. The maximum Gasteiger partial charge on any atom is 0.225 e. The highest BCUT2D eigenvalue weighted by atomic mass is 16.5. The highest BCUT2D eigenvalue weighted by Crippen LogP contribution is 2.35. The summed E-state index contributed by atoms with van der Waals surface area (Å²) in [6, 6.07) is 1.86. The second-order valence-corrected chi connectivity index (χ2v) is 7.01. The molecule has 1 unspecified atom stereocenters. The van der Waals surface area contributed by atoms with Crippen LogP contribution in [0.15, 0.2) is 30.9 Å². The average molecular weight is 328 g/mol. The van der Waals surface area contributed by atoms with Gasteiger partial charge in [0.05, 0.1) is 19.4 Å². The molecule has 4 heterocycles. The Bertz CT molecular complexity index is 675. The molecule has 0 bridgehead atoms. The quantitative estimate of drug-likeness (QED) is 0.836. The van der Waals surface area contributed by atoms with Crippen LogP contribution in [0.3, 0.4) is 0 Å². The van der Waals surface area contributed by atoms with Crippen molar-refractivity contribution in [1.82, 2.24) is 24.6 Å². The van der Waals surface area contributed by atoms with Crippen molar-refractivity contribution in [3.05, 3.63) is 36.4 Å². The van der Waals surface area contributed by atoms with E-state index in [1.807, 2.05) is 36.4 Å². The Balaban J connectivity index is 1.46. The summed E-state index contributed by atoms with van der Waals surface area (Å²) in [7, 11) is 1.96. The van der Waals surface area contributed by atoms with E-state index in [4.69, 9.17) is 4.74 Å². The standard InChI is InChI=1S/C17H24N6O/c1-21-10-15(9-20-21)11-22-7-8-24-14-17(12-22)3-6-23(13-17)16-18-4-2-5-19-16/h2,4-5,9-10H,3,6-8,11-14H2,1H3. The van der Waals surface area contributed by atoms with Crippen LogP contribution >= 0.6 is 0 Å². The van der Waals surface area contributed by atoms with Crippen molar-refractivity contribution in [2.45, 2.75) is 13.0 Å². The first-order valence-corrected chi connectivity index (χ1v) is 8.52. The minimum Gasteiger partial charge on any atom is -0.379 e. The molecular weight excluding hydrogens is 304 g/mol. The minimum atomic E-state index is 0.165. The zero-order valence-corrected chi connectivity index (χ0v) is 14.1. The van der Waals surface area contributed by atoms with Crippen LogP contribution < -0.4 is 4.90 Å². The topological polar surface area (TPSA) is 59.3 Å². The van der Waals surface area contributed by atoms with Crippen LogP contribution in [0, 0.1) is 5.41 Å². The van der Waals surface area contributed by atoms with E-state index in [0.717, 1.165) is 58.3 Å². The number of hydrogen-bond donors (Lipinski definition) is 0. The Hall–Kier alpha value is -1.99. The van der Waals surface area contributed by atoms with Gasteiger partial charge in [0.1, 0.15) is 0 Å². The third-order valence-electron chi connectivity index (χ3n) is 4.96. The molecule has 2 saturated heterocycles. The number of aryl methyl sites for hydroxylation is 1. The summed E-state index contributed by atoms with van der Waals surface area (Å²) in [6.45, 7) is 6.52. The Morgan fingerprint density at radius 3 is 2.88 bits per heavy atom. The molecule has 0 saturated carbocycles. The van der Waals surface area contributed by atoms with E-state index in [9.17, 15) is 0 Å². The molecule has 2 aromatic heterocycles. The van der Waals surface area contributed by atoms with Gasteiger partial charge in [-0.05, 0) is 12.5 Å². The van der Waals surface area contributed by atoms with Crippen molar-refractivity contribution in [3.63, 3.8) is 0 Å². The van der Waals surface area contributed by atoms with E-state index < -0.39 is 0 Å².